The molecule has 0 atom stereocenters. The number of rotatable bonds is 3. The molecule has 0 unspecified atom stereocenters. The average Bonchev–Trinajstić information content (AvgIpc) is 2.76. The van der Waals surface area contributed by atoms with E-state index < -0.39 is 0 Å². The molecule has 0 bridgehead atoms. The van der Waals surface area contributed by atoms with Gasteiger partial charge in [0.2, 0.25) is 0 Å². The van der Waals surface area contributed by atoms with Crippen molar-refractivity contribution in [1.82, 2.24) is 5.16 Å². The van der Waals surface area contributed by atoms with Crippen LogP contribution < -0.4 is 0 Å². The lowest BCUT2D eigenvalue weighted by Crippen LogP contribution is -1.77. The van der Waals surface area contributed by atoms with Crippen LogP contribution in [-0.4, -0.2) is 5.16 Å². The summed E-state index contributed by atoms with van der Waals surface area (Å²) in [5, 5.41) is 7.32. The summed E-state index contributed by atoms with van der Waals surface area (Å²) in [4.78, 5) is 2.66. The van der Waals surface area contributed by atoms with Gasteiger partial charge in [-0.15, -0.1) is 0 Å². The third kappa shape index (κ3) is 2.21. The molecule has 0 amide bonds. The Kier molecular flexibility index (Phi) is 2.89. The molecule has 0 saturated carbocycles. The molecule has 16 heavy (non-hydrogen) atoms. The number of benzene rings is 1. The molecular weight excluding hydrogens is 204 g/mol. The van der Waals surface area contributed by atoms with Crippen molar-refractivity contribution in [2.24, 2.45) is 5.11 Å². The van der Waals surface area contributed by atoms with Crippen molar-refractivity contribution in [3.63, 3.8) is 0 Å². The Bertz CT molecular complexity index is 523. The average molecular weight is 214 g/mol. The zero-order valence-electron chi connectivity index (χ0n) is 8.79. The molecule has 0 aliphatic heterocycles. The molecule has 2 aromatic rings. The fourth-order valence-electron chi connectivity index (χ4n) is 1.35. The number of aryl methyl sites for hydroxylation is 1. The first kappa shape index (κ1) is 10.3. The highest BCUT2D eigenvalue weighted by Crippen LogP contribution is 2.19. The molecule has 2 rings (SSSR count). The first-order valence-corrected chi connectivity index (χ1v) is 4.83. The number of hydrogen-bond acceptors (Lipinski definition) is 3. The molecule has 5 heteroatoms. The van der Waals surface area contributed by atoms with Crippen LogP contribution in [0.2, 0.25) is 0 Å². The summed E-state index contributed by atoms with van der Waals surface area (Å²) < 4.78 is 5.04. The van der Waals surface area contributed by atoms with E-state index in [0.717, 1.165) is 11.3 Å². The van der Waals surface area contributed by atoms with Gasteiger partial charge in [0.05, 0.1) is 6.54 Å². The van der Waals surface area contributed by atoms with Crippen molar-refractivity contribution >= 4 is 0 Å². The zero-order chi connectivity index (χ0) is 11.4. The standard InChI is InChI=1S/C11H10N4O/c1-8-2-4-9(5-3-8)11-6-10(16-14-11)7-13-15-12/h2-6H,7H2,1H3. The summed E-state index contributed by atoms with van der Waals surface area (Å²) in [5.41, 5.74) is 11.1. The summed E-state index contributed by atoms with van der Waals surface area (Å²) in [7, 11) is 0. The van der Waals surface area contributed by atoms with Gasteiger partial charge in [-0.1, -0.05) is 40.1 Å². The van der Waals surface area contributed by atoms with E-state index in [1.807, 2.05) is 31.2 Å². The van der Waals surface area contributed by atoms with Crippen LogP contribution in [0.15, 0.2) is 40.0 Å². The predicted molar refractivity (Wildman–Crippen MR) is 59.5 cm³/mol. The molecular formula is C11H10N4O. The number of azide groups is 1. The van der Waals surface area contributed by atoms with Gasteiger partial charge in [0.15, 0.2) is 0 Å². The molecule has 0 N–H and O–H groups in total. The topological polar surface area (TPSA) is 74.8 Å². The van der Waals surface area contributed by atoms with Crippen molar-refractivity contribution in [2.75, 3.05) is 0 Å². The molecule has 0 aliphatic carbocycles. The van der Waals surface area contributed by atoms with Gasteiger partial charge in [0.25, 0.3) is 0 Å². The summed E-state index contributed by atoms with van der Waals surface area (Å²) in [5.74, 6) is 0.563. The van der Waals surface area contributed by atoms with Gasteiger partial charge in [-0.05, 0) is 12.5 Å². The van der Waals surface area contributed by atoms with E-state index >= 15 is 0 Å². The van der Waals surface area contributed by atoms with Crippen LogP contribution in [0.4, 0.5) is 0 Å². The van der Waals surface area contributed by atoms with Crippen LogP contribution in [0.25, 0.3) is 21.7 Å². The van der Waals surface area contributed by atoms with Gasteiger partial charge in [0.1, 0.15) is 11.5 Å². The fourth-order valence-corrected chi connectivity index (χ4v) is 1.35. The Labute approximate surface area is 92.3 Å². The van der Waals surface area contributed by atoms with Crippen molar-refractivity contribution in [2.45, 2.75) is 13.5 Å². The van der Waals surface area contributed by atoms with Crippen molar-refractivity contribution in [3.8, 4) is 11.3 Å². The van der Waals surface area contributed by atoms with Gasteiger partial charge >= 0.3 is 0 Å². The maximum atomic E-state index is 8.18. The Hall–Kier alpha value is -2.26. The summed E-state index contributed by atoms with van der Waals surface area (Å²) in [6, 6.07) is 9.75. The van der Waals surface area contributed by atoms with E-state index in [1.54, 1.807) is 6.07 Å². The van der Waals surface area contributed by atoms with Crippen molar-refractivity contribution in [1.29, 1.82) is 0 Å². The SMILES string of the molecule is Cc1ccc(-c2cc(CN=[N+]=[N-])on2)cc1. The number of nitrogens with zero attached hydrogens (tertiary/aromatic N) is 4. The molecule has 1 aromatic carbocycles. The molecule has 0 saturated heterocycles. The molecule has 0 radical (unpaired) electrons. The highest BCUT2D eigenvalue weighted by atomic mass is 16.5. The van der Waals surface area contributed by atoms with Gasteiger partial charge in [-0.2, -0.15) is 0 Å². The summed E-state index contributed by atoms with van der Waals surface area (Å²) in [6.07, 6.45) is 0. The van der Waals surface area contributed by atoms with E-state index in [2.05, 4.69) is 15.2 Å². The second-order valence-corrected chi connectivity index (χ2v) is 3.43. The molecule has 0 spiro atoms. The van der Waals surface area contributed by atoms with Crippen molar-refractivity contribution < 1.29 is 4.52 Å². The van der Waals surface area contributed by atoms with E-state index in [4.69, 9.17) is 10.1 Å². The van der Waals surface area contributed by atoms with Gasteiger partial charge in [-0.3, -0.25) is 0 Å². The lowest BCUT2D eigenvalue weighted by Gasteiger charge is -1.95. The van der Waals surface area contributed by atoms with Crippen LogP contribution in [0.1, 0.15) is 11.3 Å². The Morgan fingerprint density at radius 1 is 1.38 bits per heavy atom. The van der Waals surface area contributed by atoms with Crippen molar-refractivity contribution in [3.05, 3.63) is 52.1 Å². The maximum Gasteiger partial charge on any atom is 0.143 e. The largest absolute Gasteiger partial charge is 0.361 e. The second kappa shape index (κ2) is 4.51. The molecule has 1 heterocycles. The summed E-state index contributed by atoms with van der Waals surface area (Å²) >= 11 is 0. The first-order chi connectivity index (χ1) is 7.79. The van der Waals surface area contributed by atoms with Crippen LogP contribution in [0.3, 0.4) is 0 Å². The zero-order valence-corrected chi connectivity index (χ0v) is 8.79. The molecule has 1 aromatic heterocycles. The monoisotopic (exact) mass is 214 g/mol. The third-order valence-electron chi connectivity index (χ3n) is 2.20. The van der Waals surface area contributed by atoms with E-state index in [1.165, 1.54) is 5.56 Å². The van der Waals surface area contributed by atoms with Gasteiger partial charge in [-0.25, -0.2) is 0 Å². The first-order valence-electron chi connectivity index (χ1n) is 4.83. The lowest BCUT2D eigenvalue weighted by atomic mass is 10.1. The highest BCUT2D eigenvalue weighted by Gasteiger charge is 2.05. The van der Waals surface area contributed by atoms with Crippen LogP contribution in [0, 0.1) is 6.92 Å². The summed E-state index contributed by atoms with van der Waals surface area (Å²) in [6.45, 7) is 2.22. The van der Waals surface area contributed by atoms with E-state index in [0.29, 0.717) is 5.76 Å². The molecule has 5 nitrogen and oxygen atoms in total. The van der Waals surface area contributed by atoms with Gasteiger partial charge < -0.3 is 4.52 Å². The van der Waals surface area contributed by atoms with Crippen LogP contribution in [-0.2, 0) is 6.54 Å². The quantitative estimate of drug-likeness (QED) is 0.445. The van der Waals surface area contributed by atoms with Gasteiger partial charge in [0, 0.05) is 16.5 Å². The number of aromatic nitrogens is 1. The van der Waals surface area contributed by atoms with E-state index in [9.17, 15) is 0 Å². The minimum Gasteiger partial charge on any atom is -0.361 e. The molecule has 80 valence electrons. The van der Waals surface area contributed by atoms with Crippen LogP contribution >= 0.6 is 0 Å². The normalized spacial score (nSPS) is 9.81. The smallest absolute Gasteiger partial charge is 0.143 e. The van der Waals surface area contributed by atoms with E-state index in [-0.39, 0.29) is 6.54 Å². The Balaban J connectivity index is 2.24. The lowest BCUT2D eigenvalue weighted by molar-refractivity contribution is 0.387. The highest BCUT2D eigenvalue weighted by molar-refractivity contribution is 5.59. The number of hydrogen-bond donors (Lipinski definition) is 0. The Morgan fingerprint density at radius 3 is 2.81 bits per heavy atom. The molecule has 0 fully saturated rings. The van der Waals surface area contributed by atoms with Crippen LogP contribution in [0.5, 0.6) is 0 Å². The second-order valence-electron chi connectivity index (χ2n) is 3.43. The third-order valence-corrected chi connectivity index (χ3v) is 2.20. The maximum absolute atomic E-state index is 8.18. The minimum absolute atomic E-state index is 0.190. The molecule has 0 aliphatic rings. The Morgan fingerprint density at radius 2 is 2.12 bits per heavy atom. The fraction of sp³-hybridized carbons (Fsp3) is 0.182. The predicted octanol–water partition coefficient (Wildman–Crippen LogP) is 3.46. The minimum atomic E-state index is 0.190.